The summed E-state index contributed by atoms with van der Waals surface area (Å²) in [5.74, 6) is 0.0436. The maximum atomic E-state index is 13.6. The number of rotatable bonds is 11. The predicted octanol–water partition coefficient (Wildman–Crippen LogP) is 5.82. The lowest BCUT2D eigenvalue weighted by Crippen LogP contribution is -2.52. The van der Waals surface area contributed by atoms with Gasteiger partial charge in [-0.1, -0.05) is 75.1 Å². The van der Waals surface area contributed by atoms with Crippen LogP contribution in [-0.4, -0.2) is 53.3 Å². The van der Waals surface area contributed by atoms with Crippen LogP contribution in [0.5, 0.6) is 0 Å². The molecule has 1 spiro atoms. The molecule has 9 heteroatoms. The third-order valence-electron chi connectivity index (χ3n) is 10.5. The molecular formula is C34H50ClN3O5. The number of nitrogens with one attached hydrogen (secondary N) is 3. The van der Waals surface area contributed by atoms with Gasteiger partial charge in [0.1, 0.15) is 12.1 Å². The Balaban J connectivity index is 1.18. The standard InChI is InChI=1S/C34H50ClN3O5/c35-27-13-7-11-24(18-27)17-25-12-8-14-30(25)43-33(42)37-29(19-23-9-3-1-4-10-23)32(41)36-28(22-39)20-26-21-34(38-31(26)40)15-5-2-6-16-34/h7,11,13,18,23,25-26,28-30,39H,1-6,8-10,12,14-17,19-22H2,(H,36,41)(H,37,42)(H,38,40)/t25?,26?,28?,29-,30?/m0/s1. The van der Waals surface area contributed by atoms with Crippen LogP contribution < -0.4 is 16.0 Å². The summed E-state index contributed by atoms with van der Waals surface area (Å²) < 4.78 is 5.95. The number of halogens is 1. The van der Waals surface area contributed by atoms with Gasteiger partial charge < -0.3 is 25.8 Å². The lowest BCUT2D eigenvalue weighted by molar-refractivity contribution is -0.126. The van der Waals surface area contributed by atoms with Gasteiger partial charge in [-0.2, -0.15) is 0 Å². The smallest absolute Gasteiger partial charge is 0.408 e. The van der Waals surface area contributed by atoms with E-state index in [2.05, 4.69) is 16.0 Å². The van der Waals surface area contributed by atoms with Crippen molar-refractivity contribution in [3.8, 4) is 0 Å². The van der Waals surface area contributed by atoms with E-state index in [1.54, 1.807) is 0 Å². The van der Waals surface area contributed by atoms with Crippen molar-refractivity contribution in [1.29, 1.82) is 0 Å². The number of aliphatic hydroxyl groups is 1. The highest BCUT2D eigenvalue weighted by Gasteiger charge is 2.45. The first-order valence-corrected chi connectivity index (χ1v) is 17.1. The highest BCUT2D eigenvalue weighted by molar-refractivity contribution is 6.30. The van der Waals surface area contributed by atoms with Crippen molar-refractivity contribution in [3.63, 3.8) is 0 Å². The lowest BCUT2D eigenvalue weighted by Gasteiger charge is -2.33. The van der Waals surface area contributed by atoms with Crippen LogP contribution in [0.3, 0.4) is 0 Å². The average Bonchev–Trinajstić information content (AvgIpc) is 3.55. The molecule has 4 aliphatic rings. The monoisotopic (exact) mass is 615 g/mol. The molecule has 1 aromatic rings. The summed E-state index contributed by atoms with van der Waals surface area (Å²) in [6.45, 7) is -0.254. The summed E-state index contributed by atoms with van der Waals surface area (Å²) in [6, 6.07) is 6.51. The average molecular weight is 616 g/mol. The Morgan fingerprint density at radius 1 is 1.00 bits per heavy atom. The number of hydrogen-bond donors (Lipinski definition) is 4. The molecule has 4 fully saturated rings. The molecule has 43 heavy (non-hydrogen) atoms. The van der Waals surface area contributed by atoms with E-state index in [1.165, 1.54) is 12.8 Å². The second-order valence-corrected chi connectivity index (χ2v) is 14.2. The topological polar surface area (TPSA) is 117 Å². The number of hydrogen-bond acceptors (Lipinski definition) is 5. The zero-order valence-corrected chi connectivity index (χ0v) is 26.2. The van der Waals surface area contributed by atoms with E-state index in [4.69, 9.17) is 16.3 Å². The Labute approximate surface area is 261 Å². The van der Waals surface area contributed by atoms with Crippen LogP contribution in [0.4, 0.5) is 4.79 Å². The SMILES string of the molecule is O=C(N[C@@H](CC1CCCCC1)C(=O)NC(CO)CC1CC2(CCCCC2)NC1=O)OC1CCCC1Cc1cccc(Cl)c1. The number of carbonyl (C=O) groups is 3. The molecule has 3 saturated carbocycles. The summed E-state index contributed by atoms with van der Waals surface area (Å²) in [7, 11) is 0. The van der Waals surface area contributed by atoms with Crippen molar-refractivity contribution in [2.45, 2.75) is 133 Å². The molecule has 0 radical (unpaired) electrons. The van der Waals surface area contributed by atoms with Crippen molar-refractivity contribution in [2.75, 3.05) is 6.61 Å². The Hall–Kier alpha value is -2.32. The van der Waals surface area contributed by atoms with Crippen LogP contribution in [0.25, 0.3) is 0 Å². The van der Waals surface area contributed by atoms with Crippen LogP contribution in [0.1, 0.15) is 108 Å². The number of amides is 3. The van der Waals surface area contributed by atoms with Gasteiger partial charge in [0.05, 0.1) is 12.6 Å². The highest BCUT2D eigenvalue weighted by atomic mass is 35.5. The van der Waals surface area contributed by atoms with Crippen molar-refractivity contribution in [3.05, 3.63) is 34.9 Å². The highest BCUT2D eigenvalue weighted by Crippen LogP contribution is 2.39. The van der Waals surface area contributed by atoms with Crippen LogP contribution in [0, 0.1) is 17.8 Å². The molecule has 5 rings (SSSR count). The quantitative estimate of drug-likeness (QED) is 0.250. The second-order valence-electron chi connectivity index (χ2n) is 13.8. The zero-order chi connectivity index (χ0) is 30.2. The summed E-state index contributed by atoms with van der Waals surface area (Å²) in [5.41, 5.74) is 1.01. The molecule has 238 valence electrons. The first-order valence-electron chi connectivity index (χ1n) is 16.8. The third-order valence-corrected chi connectivity index (χ3v) is 10.7. The van der Waals surface area contributed by atoms with E-state index in [0.717, 1.165) is 89.0 Å². The maximum Gasteiger partial charge on any atom is 0.408 e. The fourth-order valence-corrected chi connectivity index (χ4v) is 8.42. The molecule has 3 aliphatic carbocycles. The molecular weight excluding hydrogens is 566 g/mol. The van der Waals surface area contributed by atoms with E-state index < -0.39 is 18.2 Å². The lowest BCUT2D eigenvalue weighted by atomic mass is 9.78. The van der Waals surface area contributed by atoms with Gasteiger partial charge >= 0.3 is 6.09 Å². The minimum absolute atomic E-state index is 0.0268. The van der Waals surface area contributed by atoms with Crippen molar-refractivity contribution in [1.82, 2.24) is 16.0 Å². The zero-order valence-electron chi connectivity index (χ0n) is 25.5. The number of benzene rings is 1. The second kappa shape index (κ2) is 15.1. The predicted molar refractivity (Wildman–Crippen MR) is 167 cm³/mol. The summed E-state index contributed by atoms with van der Waals surface area (Å²) >= 11 is 6.18. The van der Waals surface area contributed by atoms with E-state index >= 15 is 0 Å². The fourth-order valence-electron chi connectivity index (χ4n) is 8.21. The number of alkyl carbamates (subject to hydrolysis) is 1. The molecule has 0 bridgehead atoms. The number of ether oxygens (including phenoxy) is 1. The van der Waals surface area contributed by atoms with Crippen molar-refractivity contribution >= 4 is 29.5 Å². The Kier molecular flexibility index (Phi) is 11.3. The van der Waals surface area contributed by atoms with E-state index in [9.17, 15) is 19.5 Å². The van der Waals surface area contributed by atoms with E-state index in [1.807, 2.05) is 24.3 Å². The summed E-state index contributed by atoms with van der Waals surface area (Å²) in [6.07, 6.45) is 15.5. The Morgan fingerprint density at radius 2 is 1.77 bits per heavy atom. The Bertz CT molecular complexity index is 1100. The van der Waals surface area contributed by atoms with Crippen LogP contribution in [0.2, 0.25) is 5.02 Å². The molecule has 4 N–H and O–H groups in total. The first-order chi connectivity index (χ1) is 20.8. The first kappa shape index (κ1) is 32.1. The third kappa shape index (κ3) is 8.87. The molecule has 1 aliphatic heterocycles. The molecule has 0 aromatic heterocycles. The minimum Gasteiger partial charge on any atom is -0.446 e. The summed E-state index contributed by atoms with van der Waals surface area (Å²) in [5, 5.41) is 20.0. The van der Waals surface area contributed by atoms with Gasteiger partial charge in [0.2, 0.25) is 11.8 Å². The van der Waals surface area contributed by atoms with Gasteiger partial charge in [-0.25, -0.2) is 4.79 Å². The molecule has 3 amide bonds. The van der Waals surface area contributed by atoms with E-state index in [-0.39, 0.29) is 41.9 Å². The van der Waals surface area contributed by atoms with Gasteiger partial charge in [0.15, 0.2) is 0 Å². The largest absolute Gasteiger partial charge is 0.446 e. The molecule has 1 heterocycles. The van der Waals surface area contributed by atoms with Crippen LogP contribution in [-0.2, 0) is 20.7 Å². The molecule has 8 nitrogen and oxygen atoms in total. The number of aliphatic hydroxyl groups excluding tert-OH is 1. The van der Waals surface area contributed by atoms with Gasteiger partial charge in [0.25, 0.3) is 0 Å². The Morgan fingerprint density at radius 3 is 2.51 bits per heavy atom. The molecule has 1 aromatic carbocycles. The van der Waals surface area contributed by atoms with Crippen molar-refractivity contribution < 1.29 is 24.2 Å². The van der Waals surface area contributed by atoms with Crippen LogP contribution >= 0.6 is 11.6 Å². The maximum absolute atomic E-state index is 13.6. The van der Waals surface area contributed by atoms with Gasteiger partial charge in [0, 0.05) is 22.4 Å². The van der Waals surface area contributed by atoms with Gasteiger partial charge in [-0.15, -0.1) is 0 Å². The fraction of sp³-hybridized carbons (Fsp3) is 0.735. The van der Waals surface area contributed by atoms with Gasteiger partial charge in [-0.05, 0) is 81.4 Å². The summed E-state index contributed by atoms with van der Waals surface area (Å²) in [4.78, 5) is 39.7. The number of carbonyl (C=O) groups excluding carboxylic acids is 3. The van der Waals surface area contributed by atoms with Crippen LogP contribution in [0.15, 0.2) is 24.3 Å². The minimum atomic E-state index is -0.750. The molecule has 5 atom stereocenters. The van der Waals surface area contributed by atoms with E-state index in [0.29, 0.717) is 23.8 Å². The molecule has 4 unspecified atom stereocenters. The van der Waals surface area contributed by atoms with Gasteiger partial charge in [-0.3, -0.25) is 9.59 Å². The molecule has 1 saturated heterocycles. The normalized spacial score (nSPS) is 26.9. The van der Waals surface area contributed by atoms with Crippen molar-refractivity contribution in [2.24, 2.45) is 17.8 Å².